The van der Waals surface area contributed by atoms with E-state index in [1.54, 1.807) is 0 Å². The minimum absolute atomic E-state index is 0.404. The van der Waals surface area contributed by atoms with E-state index in [0.717, 1.165) is 11.4 Å². The van der Waals surface area contributed by atoms with E-state index in [0.29, 0.717) is 12.0 Å². The van der Waals surface area contributed by atoms with Crippen molar-refractivity contribution in [2.45, 2.75) is 38.6 Å². The van der Waals surface area contributed by atoms with Crippen LogP contribution in [0.4, 0.5) is 0 Å². The van der Waals surface area contributed by atoms with Gasteiger partial charge in [0.05, 0.1) is 0 Å². The van der Waals surface area contributed by atoms with Crippen molar-refractivity contribution in [1.82, 2.24) is 0 Å². The van der Waals surface area contributed by atoms with Gasteiger partial charge in [-0.25, -0.2) is 0 Å². The Morgan fingerprint density at radius 3 is 2.80 bits per heavy atom. The SMILES string of the molecule is Cc1cc(CC2CCCC2N)ccc1Cl. The second-order valence-corrected chi connectivity index (χ2v) is 5.05. The van der Waals surface area contributed by atoms with Gasteiger partial charge in [0.15, 0.2) is 0 Å². The molecule has 1 aliphatic carbocycles. The van der Waals surface area contributed by atoms with Crippen LogP contribution in [0.3, 0.4) is 0 Å². The van der Waals surface area contributed by atoms with E-state index in [4.69, 9.17) is 17.3 Å². The molecule has 0 bridgehead atoms. The molecule has 0 spiro atoms. The van der Waals surface area contributed by atoms with E-state index in [1.807, 2.05) is 6.07 Å². The topological polar surface area (TPSA) is 26.0 Å². The third-order valence-corrected chi connectivity index (χ3v) is 3.86. The lowest BCUT2D eigenvalue weighted by atomic mass is 9.94. The maximum absolute atomic E-state index is 6.07. The molecule has 0 radical (unpaired) electrons. The Kier molecular flexibility index (Phi) is 3.32. The van der Waals surface area contributed by atoms with Crippen LogP contribution in [-0.4, -0.2) is 6.04 Å². The van der Waals surface area contributed by atoms with Crippen LogP contribution in [0.25, 0.3) is 0 Å². The van der Waals surface area contributed by atoms with Gasteiger partial charge in [-0.3, -0.25) is 0 Å². The van der Waals surface area contributed by atoms with Gasteiger partial charge in [-0.05, 0) is 49.3 Å². The quantitative estimate of drug-likeness (QED) is 0.818. The Labute approximate surface area is 96.6 Å². The fraction of sp³-hybridized carbons (Fsp3) is 0.538. The van der Waals surface area contributed by atoms with Crippen molar-refractivity contribution < 1.29 is 0 Å². The predicted molar refractivity (Wildman–Crippen MR) is 65.2 cm³/mol. The summed E-state index contributed by atoms with van der Waals surface area (Å²) in [6.07, 6.45) is 4.87. The van der Waals surface area contributed by atoms with E-state index >= 15 is 0 Å². The molecule has 1 aliphatic rings. The van der Waals surface area contributed by atoms with Crippen LogP contribution in [0.15, 0.2) is 18.2 Å². The van der Waals surface area contributed by atoms with Crippen LogP contribution in [0, 0.1) is 12.8 Å². The minimum Gasteiger partial charge on any atom is -0.327 e. The smallest absolute Gasteiger partial charge is 0.0435 e. The third-order valence-electron chi connectivity index (χ3n) is 3.44. The molecule has 1 nitrogen and oxygen atoms in total. The lowest BCUT2D eigenvalue weighted by molar-refractivity contribution is 0.479. The largest absolute Gasteiger partial charge is 0.327 e. The summed E-state index contributed by atoms with van der Waals surface area (Å²) in [5.41, 5.74) is 8.61. The van der Waals surface area contributed by atoms with E-state index in [9.17, 15) is 0 Å². The average Bonchev–Trinajstić information content (AvgIpc) is 2.59. The summed E-state index contributed by atoms with van der Waals surface area (Å²) in [6, 6.07) is 6.71. The summed E-state index contributed by atoms with van der Waals surface area (Å²) in [5, 5.41) is 0.856. The molecule has 2 unspecified atom stereocenters. The molecule has 1 aromatic carbocycles. The molecule has 0 aliphatic heterocycles. The van der Waals surface area contributed by atoms with Gasteiger partial charge in [0.2, 0.25) is 0 Å². The molecule has 0 saturated heterocycles. The van der Waals surface area contributed by atoms with Gasteiger partial charge in [0.1, 0.15) is 0 Å². The van der Waals surface area contributed by atoms with Gasteiger partial charge >= 0.3 is 0 Å². The van der Waals surface area contributed by atoms with Crippen LogP contribution >= 0.6 is 11.6 Å². The molecule has 0 heterocycles. The molecule has 2 rings (SSSR count). The first-order chi connectivity index (χ1) is 7.16. The zero-order chi connectivity index (χ0) is 10.8. The van der Waals surface area contributed by atoms with Crippen molar-refractivity contribution in [2.24, 2.45) is 11.7 Å². The molecule has 15 heavy (non-hydrogen) atoms. The molecule has 0 aromatic heterocycles. The molecular weight excluding hydrogens is 206 g/mol. The van der Waals surface area contributed by atoms with Gasteiger partial charge in [-0.1, -0.05) is 30.2 Å². The monoisotopic (exact) mass is 223 g/mol. The summed E-state index contributed by atoms with van der Waals surface area (Å²) in [5.74, 6) is 0.672. The highest BCUT2D eigenvalue weighted by molar-refractivity contribution is 6.31. The van der Waals surface area contributed by atoms with Gasteiger partial charge in [0.25, 0.3) is 0 Å². The zero-order valence-corrected chi connectivity index (χ0v) is 9.93. The van der Waals surface area contributed by atoms with Crippen LogP contribution in [0.5, 0.6) is 0 Å². The average molecular weight is 224 g/mol. The number of hydrogen-bond acceptors (Lipinski definition) is 1. The summed E-state index contributed by atoms with van der Waals surface area (Å²) >= 11 is 6.00. The fourth-order valence-electron chi connectivity index (χ4n) is 2.46. The summed E-state index contributed by atoms with van der Waals surface area (Å²) in [6.45, 7) is 2.06. The van der Waals surface area contributed by atoms with Crippen molar-refractivity contribution in [3.05, 3.63) is 34.3 Å². The Balaban J connectivity index is 2.07. The van der Waals surface area contributed by atoms with Crippen LogP contribution in [-0.2, 0) is 6.42 Å². The lowest BCUT2D eigenvalue weighted by Gasteiger charge is -2.15. The van der Waals surface area contributed by atoms with E-state index in [1.165, 1.54) is 30.4 Å². The first-order valence-corrected chi connectivity index (χ1v) is 6.05. The molecule has 2 heteroatoms. The highest BCUT2D eigenvalue weighted by Gasteiger charge is 2.23. The second-order valence-electron chi connectivity index (χ2n) is 4.64. The highest BCUT2D eigenvalue weighted by atomic mass is 35.5. The van der Waals surface area contributed by atoms with Gasteiger partial charge in [-0.15, -0.1) is 0 Å². The van der Waals surface area contributed by atoms with Gasteiger partial charge in [0, 0.05) is 11.1 Å². The van der Waals surface area contributed by atoms with E-state index in [-0.39, 0.29) is 0 Å². The number of benzene rings is 1. The summed E-state index contributed by atoms with van der Waals surface area (Å²) in [7, 11) is 0. The molecule has 82 valence electrons. The molecule has 0 amide bonds. The number of aryl methyl sites for hydroxylation is 1. The number of halogens is 1. The molecule has 2 atom stereocenters. The molecule has 1 fully saturated rings. The molecule has 1 aromatic rings. The maximum atomic E-state index is 6.07. The Morgan fingerprint density at radius 1 is 1.40 bits per heavy atom. The van der Waals surface area contributed by atoms with Crippen molar-refractivity contribution in [2.75, 3.05) is 0 Å². The van der Waals surface area contributed by atoms with Gasteiger partial charge < -0.3 is 5.73 Å². The molecule has 1 saturated carbocycles. The number of rotatable bonds is 2. The summed E-state index contributed by atoms with van der Waals surface area (Å²) in [4.78, 5) is 0. The molecular formula is C13H18ClN. The fourth-order valence-corrected chi connectivity index (χ4v) is 2.57. The van der Waals surface area contributed by atoms with Crippen molar-refractivity contribution >= 4 is 11.6 Å². The first kappa shape index (κ1) is 11.0. The van der Waals surface area contributed by atoms with E-state index < -0.39 is 0 Å². The maximum Gasteiger partial charge on any atom is 0.0435 e. The summed E-state index contributed by atoms with van der Waals surface area (Å²) < 4.78 is 0. The minimum atomic E-state index is 0.404. The van der Waals surface area contributed by atoms with Crippen LogP contribution in [0.2, 0.25) is 5.02 Å². The van der Waals surface area contributed by atoms with Crippen molar-refractivity contribution in [1.29, 1.82) is 0 Å². The van der Waals surface area contributed by atoms with Crippen molar-refractivity contribution in [3.63, 3.8) is 0 Å². The normalized spacial score (nSPS) is 25.8. The number of hydrogen-bond donors (Lipinski definition) is 1. The molecule has 2 N–H and O–H groups in total. The van der Waals surface area contributed by atoms with Crippen LogP contribution < -0.4 is 5.73 Å². The second kappa shape index (κ2) is 4.54. The standard InChI is InChI=1S/C13H18ClN/c1-9-7-10(5-6-12(9)14)8-11-3-2-4-13(11)15/h5-7,11,13H,2-4,8,15H2,1H3. The Bertz CT molecular complexity index is 348. The highest BCUT2D eigenvalue weighted by Crippen LogP contribution is 2.28. The van der Waals surface area contributed by atoms with Crippen LogP contribution in [0.1, 0.15) is 30.4 Å². The lowest BCUT2D eigenvalue weighted by Crippen LogP contribution is -2.25. The Morgan fingerprint density at radius 2 is 2.20 bits per heavy atom. The Hall–Kier alpha value is -0.530. The first-order valence-electron chi connectivity index (χ1n) is 5.67. The predicted octanol–water partition coefficient (Wildman–Crippen LogP) is 3.32. The van der Waals surface area contributed by atoms with Gasteiger partial charge in [-0.2, -0.15) is 0 Å². The number of nitrogens with two attached hydrogens (primary N) is 1. The zero-order valence-electron chi connectivity index (χ0n) is 9.17. The van der Waals surface area contributed by atoms with Crippen molar-refractivity contribution in [3.8, 4) is 0 Å². The third kappa shape index (κ3) is 2.53. The van der Waals surface area contributed by atoms with E-state index in [2.05, 4.69) is 19.1 Å².